The number of methoxy groups -OCH3 is 1. The number of hydrogen-bond acceptors (Lipinski definition) is 6. The zero-order valence-corrected chi connectivity index (χ0v) is 20.2. The second kappa shape index (κ2) is 11.3. The minimum atomic E-state index is -0.176. The molecule has 1 aliphatic rings. The molecule has 4 rings (SSSR count). The number of piperazine rings is 1. The summed E-state index contributed by atoms with van der Waals surface area (Å²) in [5.74, 6) is 0.274. The van der Waals surface area contributed by atoms with Gasteiger partial charge < -0.3 is 19.4 Å². The predicted octanol–water partition coefficient (Wildman–Crippen LogP) is 2.68. The fraction of sp³-hybridized carbons (Fsp3) is 0.370. The number of nitrogens with zero attached hydrogens (tertiary/aromatic N) is 2. The normalized spacial score (nSPS) is 14.3. The van der Waals surface area contributed by atoms with Gasteiger partial charge in [0.05, 0.1) is 17.5 Å². The molecule has 0 atom stereocenters. The van der Waals surface area contributed by atoms with Crippen LogP contribution in [0, 0.1) is 6.92 Å². The molecule has 0 unspecified atom stereocenters. The molecular formula is C27H31N3O5. The van der Waals surface area contributed by atoms with Crippen molar-refractivity contribution in [2.45, 2.75) is 13.3 Å². The number of para-hydroxylation sites is 1. The number of nitrogens with one attached hydrogen (secondary N) is 1. The largest absolute Gasteiger partial charge is 0.455 e. The van der Waals surface area contributed by atoms with Crippen LogP contribution >= 0.6 is 0 Å². The Kier molecular flexibility index (Phi) is 7.94. The van der Waals surface area contributed by atoms with Gasteiger partial charge in [-0.2, -0.15) is 0 Å². The molecule has 2 aromatic carbocycles. The molecule has 1 aromatic heterocycles. The van der Waals surface area contributed by atoms with Crippen molar-refractivity contribution in [3.63, 3.8) is 0 Å². The molecule has 1 aliphatic heterocycles. The summed E-state index contributed by atoms with van der Waals surface area (Å²) < 4.78 is 11.2. The first-order valence-electron chi connectivity index (χ1n) is 11.9. The Morgan fingerprint density at radius 2 is 1.77 bits per heavy atom. The fourth-order valence-corrected chi connectivity index (χ4v) is 4.33. The third-order valence-corrected chi connectivity index (χ3v) is 6.29. The molecule has 184 valence electrons. The van der Waals surface area contributed by atoms with Crippen molar-refractivity contribution in [1.82, 2.24) is 15.1 Å². The molecule has 2 heterocycles. The van der Waals surface area contributed by atoms with E-state index in [-0.39, 0.29) is 17.2 Å². The highest BCUT2D eigenvalue weighted by Crippen LogP contribution is 2.28. The average Bonchev–Trinajstić information content (AvgIpc) is 2.89. The molecule has 35 heavy (non-hydrogen) atoms. The number of amides is 2. The predicted molar refractivity (Wildman–Crippen MR) is 135 cm³/mol. The summed E-state index contributed by atoms with van der Waals surface area (Å²) in [5.41, 5.74) is 1.86. The zero-order valence-electron chi connectivity index (χ0n) is 20.2. The average molecular weight is 478 g/mol. The Morgan fingerprint density at radius 1 is 1.03 bits per heavy atom. The van der Waals surface area contributed by atoms with Gasteiger partial charge in [-0.3, -0.25) is 19.3 Å². The molecule has 1 fully saturated rings. The molecule has 3 aromatic rings. The summed E-state index contributed by atoms with van der Waals surface area (Å²) in [4.78, 5) is 42.5. The molecular weight excluding hydrogens is 446 g/mol. The number of fused-ring (bicyclic) bond motifs is 1. The summed E-state index contributed by atoms with van der Waals surface area (Å²) in [5, 5.41) is 3.29. The molecule has 0 aliphatic carbocycles. The van der Waals surface area contributed by atoms with E-state index in [1.807, 2.05) is 35.2 Å². The highest BCUT2D eigenvalue weighted by Gasteiger charge is 2.26. The summed E-state index contributed by atoms with van der Waals surface area (Å²) in [6, 6.07) is 14.6. The number of benzene rings is 2. The molecule has 1 N–H and O–H groups in total. The van der Waals surface area contributed by atoms with E-state index in [0.717, 1.165) is 12.0 Å². The molecule has 0 saturated carbocycles. The van der Waals surface area contributed by atoms with Gasteiger partial charge in [0, 0.05) is 57.6 Å². The molecule has 0 radical (unpaired) electrons. The van der Waals surface area contributed by atoms with Crippen LogP contribution in [0.15, 0.2) is 57.7 Å². The number of ether oxygens (including phenoxy) is 1. The van der Waals surface area contributed by atoms with Crippen molar-refractivity contribution in [2.75, 3.05) is 53.0 Å². The van der Waals surface area contributed by atoms with Crippen molar-refractivity contribution in [2.24, 2.45) is 0 Å². The van der Waals surface area contributed by atoms with E-state index in [1.165, 1.54) is 0 Å². The summed E-state index contributed by atoms with van der Waals surface area (Å²) in [6.07, 6.45) is 0.775. The van der Waals surface area contributed by atoms with Crippen molar-refractivity contribution in [3.05, 3.63) is 69.9 Å². The standard InChI is InChI=1S/C27H31N3O5/c1-19-24(32)21-10-6-11-22(26(21)35-25(19)20-8-4-3-5-9-20)27(33)30-15-13-29(14-16-30)18-23(31)28-12-7-17-34-2/h3-6,8-11H,7,12-18H2,1-2H3,(H,28,31). The topological polar surface area (TPSA) is 92.1 Å². The van der Waals surface area contributed by atoms with Crippen LogP contribution in [0.5, 0.6) is 0 Å². The van der Waals surface area contributed by atoms with Crippen molar-refractivity contribution in [3.8, 4) is 11.3 Å². The second-order valence-corrected chi connectivity index (χ2v) is 8.70. The van der Waals surface area contributed by atoms with Crippen LogP contribution in [0.25, 0.3) is 22.3 Å². The lowest BCUT2D eigenvalue weighted by Crippen LogP contribution is -2.51. The fourth-order valence-electron chi connectivity index (χ4n) is 4.33. The van der Waals surface area contributed by atoms with Crippen LogP contribution < -0.4 is 10.7 Å². The minimum absolute atomic E-state index is 0.0273. The maximum atomic E-state index is 13.4. The van der Waals surface area contributed by atoms with Gasteiger partial charge in [-0.15, -0.1) is 0 Å². The smallest absolute Gasteiger partial charge is 0.257 e. The van der Waals surface area contributed by atoms with Crippen molar-refractivity contribution in [1.29, 1.82) is 0 Å². The van der Waals surface area contributed by atoms with E-state index in [1.54, 1.807) is 37.1 Å². The van der Waals surface area contributed by atoms with Gasteiger partial charge in [-0.25, -0.2) is 0 Å². The lowest BCUT2D eigenvalue weighted by atomic mass is 10.0. The molecule has 8 heteroatoms. The van der Waals surface area contributed by atoms with Gasteiger partial charge >= 0.3 is 0 Å². The first kappa shape index (κ1) is 24.6. The third-order valence-electron chi connectivity index (χ3n) is 6.29. The van der Waals surface area contributed by atoms with Crippen molar-refractivity contribution >= 4 is 22.8 Å². The Balaban J connectivity index is 1.48. The molecule has 1 saturated heterocycles. The molecule has 0 bridgehead atoms. The highest BCUT2D eigenvalue weighted by atomic mass is 16.5. The maximum Gasteiger partial charge on any atom is 0.257 e. The van der Waals surface area contributed by atoms with Crippen LogP contribution in [-0.4, -0.2) is 74.6 Å². The Hall–Kier alpha value is -3.49. The van der Waals surface area contributed by atoms with Crippen molar-refractivity contribution < 1.29 is 18.7 Å². The zero-order chi connectivity index (χ0) is 24.8. The first-order valence-corrected chi connectivity index (χ1v) is 11.9. The van der Waals surface area contributed by atoms with Gasteiger partial charge in [0.25, 0.3) is 5.91 Å². The number of hydrogen-bond donors (Lipinski definition) is 1. The van der Waals surface area contributed by atoms with E-state index < -0.39 is 0 Å². The van der Waals surface area contributed by atoms with Crippen LogP contribution in [-0.2, 0) is 9.53 Å². The minimum Gasteiger partial charge on any atom is -0.455 e. The van der Waals surface area contributed by atoms with E-state index in [9.17, 15) is 14.4 Å². The van der Waals surface area contributed by atoms with Gasteiger partial charge in [0.2, 0.25) is 5.91 Å². The lowest BCUT2D eigenvalue weighted by molar-refractivity contribution is -0.122. The maximum absolute atomic E-state index is 13.4. The Labute approximate surface area is 204 Å². The number of rotatable bonds is 8. The Bertz CT molecular complexity index is 1250. The summed E-state index contributed by atoms with van der Waals surface area (Å²) >= 11 is 0. The number of carbonyl (C=O) groups is 2. The first-order chi connectivity index (χ1) is 17.0. The SMILES string of the molecule is COCCCNC(=O)CN1CCN(C(=O)c2cccc3c(=O)c(C)c(-c4ccccc4)oc23)CC1. The second-order valence-electron chi connectivity index (χ2n) is 8.70. The molecule has 0 spiro atoms. The van der Waals surface area contributed by atoms with E-state index in [2.05, 4.69) is 5.32 Å². The van der Waals surface area contributed by atoms with E-state index in [4.69, 9.17) is 9.15 Å². The summed E-state index contributed by atoms with van der Waals surface area (Å²) in [7, 11) is 1.64. The lowest BCUT2D eigenvalue weighted by Gasteiger charge is -2.34. The van der Waals surface area contributed by atoms with E-state index in [0.29, 0.717) is 73.7 Å². The van der Waals surface area contributed by atoms with Crippen LogP contribution in [0.3, 0.4) is 0 Å². The van der Waals surface area contributed by atoms with E-state index >= 15 is 0 Å². The van der Waals surface area contributed by atoms with Crippen LogP contribution in [0.1, 0.15) is 22.3 Å². The summed E-state index contributed by atoms with van der Waals surface area (Å²) in [6.45, 7) is 5.43. The highest BCUT2D eigenvalue weighted by molar-refractivity contribution is 6.05. The van der Waals surface area contributed by atoms with Crippen LogP contribution in [0.4, 0.5) is 0 Å². The van der Waals surface area contributed by atoms with Gasteiger partial charge in [0.15, 0.2) is 11.0 Å². The monoisotopic (exact) mass is 477 g/mol. The third kappa shape index (κ3) is 5.61. The number of carbonyl (C=O) groups excluding carboxylic acids is 2. The van der Waals surface area contributed by atoms with Gasteiger partial charge in [0.1, 0.15) is 5.76 Å². The Morgan fingerprint density at radius 3 is 2.49 bits per heavy atom. The van der Waals surface area contributed by atoms with Gasteiger partial charge in [-0.1, -0.05) is 36.4 Å². The molecule has 8 nitrogen and oxygen atoms in total. The molecule has 2 amide bonds. The van der Waals surface area contributed by atoms with Gasteiger partial charge in [-0.05, 0) is 25.5 Å². The quantitative estimate of drug-likeness (QED) is 0.502. The van der Waals surface area contributed by atoms with Crippen LogP contribution in [0.2, 0.25) is 0 Å².